The number of anilines is 3. The molecule has 0 radical (unpaired) electrons. The van der Waals surface area contributed by atoms with Gasteiger partial charge >= 0.3 is 0 Å². The van der Waals surface area contributed by atoms with Gasteiger partial charge in [0.05, 0.1) is 16.7 Å². The van der Waals surface area contributed by atoms with Gasteiger partial charge in [-0.15, -0.1) is 0 Å². The van der Waals surface area contributed by atoms with Crippen molar-refractivity contribution in [2.24, 2.45) is 0 Å². The minimum absolute atomic E-state index is 0.860. The van der Waals surface area contributed by atoms with Crippen LogP contribution in [0.25, 0.3) is 82.8 Å². The SMILES string of the molecule is c1ccc(-c2ccccc2-c2ccc(N(c3ccc(-c4cccc5c6ccccc6n(-c6ccccc6)c45)cc3)c3cccc4c3oc3ccccc34)cc2)cc1. The quantitative estimate of drug-likeness (QED) is 0.163. The Morgan fingerprint density at radius 1 is 0.351 bits per heavy atom. The molecule has 57 heavy (non-hydrogen) atoms. The molecule has 0 aliphatic heterocycles. The maximum atomic E-state index is 6.65. The highest BCUT2D eigenvalue weighted by Crippen LogP contribution is 2.44. The second kappa shape index (κ2) is 13.6. The lowest BCUT2D eigenvalue weighted by molar-refractivity contribution is 0.669. The lowest BCUT2D eigenvalue weighted by Gasteiger charge is -2.26. The van der Waals surface area contributed by atoms with Crippen molar-refractivity contribution in [1.82, 2.24) is 4.57 Å². The molecule has 0 N–H and O–H groups in total. The highest BCUT2D eigenvalue weighted by molar-refractivity contribution is 6.14. The third-order valence-corrected chi connectivity index (χ3v) is 11.2. The molecule has 0 spiro atoms. The van der Waals surface area contributed by atoms with Crippen LogP contribution in [0.4, 0.5) is 17.1 Å². The van der Waals surface area contributed by atoms with Crippen LogP contribution in [-0.4, -0.2) is 4.57 Å². The average Bonchev–Trinajstić information content (AvgIpc) is 3.84. The lowest BCUT2D eigenvalue weighted by Crippen LogP contribution is -2.10. The molecule has 0 unspecified atom stereocenters. The minimum atomic E-state index is 0.860. The third-order valence-electron chi connectivity index (χ3n) is 11.2. The molecule has 0 fully saturated rings. The minimum Gasteiger partial charge on any atom is -0.454 e. The van der Waals surface area contributed by atoms with E-state index in [2.05, 4.69) is 216 Å². The molecule has 3 nitrogen and oxygen atoms in total. The van der Waals surface area contributed by atoms with Gasteiger partial charge in [0.15, 0.2) is 5.58 Å². The van der Waals surface area contributed by atoms with Crippen LogP contribution in [0.3, 0.4) is 0 Å². The van der Waals surface area contributed by atoms with E-state index in [1.54, 1.807) is 0 Å². The molecule has 0 atom stereocenters. The molecule has 0 bridgehead atoms. The topological polar surface area (TPSA) is 21.3 Å². The fraction of sp³-hybridized carbons (Fsp3) is 0. The summed E-state index contributed by atoms with van der Waals surface area (Å²) in [4.78, 5) is 2.32. The van der Waals surface area contributed by atoms with Crippen LogP contribution in [0.5, 0.6) is 0 Å². The van der Waals surface area contributed by atoms with Crippen LogP contribution in [0.1, 0.15) is 0 Å². The Morgan fingerprint density at radius 3 is 1.58 bits per heavy atom. The zero-order valence-corrected chi connectivity index (χ0v) is 31.1. The fourth-order valence-electron chi connectivity index (χ4n) is 8.62. The summed E-state index contributed by atoms with van der Waals surface area (Å²) in [5, 5.41) is 4.69. The zero-order valence-electron chi connectivity index (χ0n) is 31.1. The van der Waals surface area contributed by atoms with Gasteiger partial charge in [0.25, 0.3) is 0 Å². The van der Waals surface area contributed by atoms with Gasteiger partial charge in [-0.1, -0.05) is 164 Å². The van der Waals surface area contributed by atoms with Gasteiger partial charge in [-0.2, -0.15) is 0 Å². The van der Waals surface area contributed by atoms with E-state index in [0.29, 0.717) is 0 Å². The van der Waals surface area contributed by atoms with Crippen molar-refractivity contribution in [3.63, 3.8) is 0 Å². The number of furan rings is 1. The number of fused-ring (bicyclic) bond motifs is 6. The van der Waals surface area contributed by atoms with Gasteiger partial charge in [0.2, 0.25) is 0 Å². The standard InChI is InChI=1S/C54H36N2O/c1-3-15-37(16-4-1)43-19-7-8-20-44(43)38-29-33-41(34-30-38)55(51-27-14-25-49-47-22-10-12-28-52(47)57-54(49)51)42-35-31-39(32-36-42)45-23-13-24-48-46-21-9-11-26-50(46)56(53(45)48)40-17-5-2-6-18-40/h1-36H. The Hall–Kier alpha value is -7.62. The van der Waals surface area contributed by atoms with E-state index in [0.717, 1.165) is 55.8 Å². The van der Waals surface area contributed by atoms with Crippen LogP contribution in [-0.2, 0) is 0 Å². The van der Waals surface area contributed by atoms with Crippen molar-refractivity contribution < 1.29 is 4.42 Å². The lowest BCUT2D eigenvalue weighted by atomic mass is 9.94. The van der Waals surface area contributed by atoms with Crippen molar-refractivity contribution in [2.75, 3.05) is 4.90 Å². The zero-order chi connectivity index (χ0) is 37.7. The molecular weight excluding hydrogens is 693 g/mol. The van der Waals surface area contributed by atoms with Gasteiger partial charge in [-0.05, 0) is 82.4 Å². The maximum Gasteiger partial charge on any atom is 0.159 e. The number of hydrogen-bond donors (Lipinski definition) is 0. The highest BCUT2D eigenvalue weighted by Gasteiger charge is 2.21. The van der Waals surface area contributed by atoms with Gasteiger partial charge in [0, 0.05) is 44.2 Å². The molecule has 9 aromatic carbocycles. The molecule has 2 aromatic heterocycles. The molecule has 2 heterocycles. The molecule has 0 aliphatic carbocycles. The second-order valence-corrected chi connectivity index (χ2v) is 14.5. The predicted octanol–water partition coefficient (Wildman–Crippen LogP) is 15.2. The van der Waals surface area contributed by atoms with Gasteiger partial charge in [-0.25, -0.2) is 0 Å². The second-order valence-electron chi connectivity index (χ2n) is 14.5. The number of para-hydroxylation sites is 5. The first-order valence-corrected chi connectivity index (χ1v) is 19.4. The summed E-state index contributed by atoms with van der Waals surface area (Å²) in [6.45, 7) is 0. The highest BCUT2D eigenvalue weighted by atomic mass is 16.3. The smallest absolute Gasteiger partial charge is 0.159 e. The first-order chi connectivity index (χ1) is 28.3. The molecule has 0 saturated heterocycles. The third kappa shape index (κ3) is 5.51. The Kier molecular flexibility index (Phi) is 7.82. The summed E-state index contributed by atoms with van der Waals surface area (Å²) in [7, 11) is 0. The predicted molar refractivity (Wildman–Crippen MR) is 239 cm³/mol. The molecule has 11 aromatic rings. The molecule has 11 rings (SSSR count). The van der Waals surface area contributed by atoms with Gasteiger partial charge in [-0.3, -0.25) is 0 Å². The summed E-state index contributed by atoms with van der Waals surface area (Å²) in [5.74, 6) is 0. The number of aromatic nitrogens is 1. The number of rotatable bonds is 7. The largest absolute Gasteiger partial charge is 0.454 e. The van der Waals surface area contributed by atoms with E-state index < -0.39 is 0 Å². The Balaban J connectivity index is 1.07. The van der Waals surface area contributed by atoms with E-state index in [1.807, 2.05) is 12.1 Å². The van der Waals surface area contributed by atoms with Crippen LogP contribution < -0.4 is 4.90 Å². The van der Waals surface area contributed by atoms with E-state index in [-0.39, 0.29) is 0 Å². The normalized spacial score (nSPS) is 11.5. The van der Waals surface area contributed by atoms with Gasteiger partial charge in [0.1, 0.15) is 5.58 Å². The van der Waals surface area contributed by atoms with Crippen LogP contribution in [0.2, 0.25) is 0 Å². The summed E-state index contributed by atoms with van der Waals surface area (Å²) in [6.07, 6.45) is 0. The average molecular weight is 729 g/mol. The maximum absolute atomic E-state index is 6.65. The van der Waals surface area contributed by atoms with Crippen molar-refractivity contribution in [2.45, 2.75) is 0 Å². The summed E-state index contributed by atoms with van der Waals surface area (Å²) < 4.78 is 9.05. The summed E-state index contributed by atoms with van der Waals surface area (Å²) >= 11 is 0. The Morgan fingerprint density at radius 2 is 0.860 bits per heavy atom. The van der Waals surface area contributed by atoms with Crippen molar-refractivity contribution in [3.05, 3.63) is 218 Å². The van der Waals surface area contributed by atoms with Crippen molar-refractivity contribution >= 4 is 60.8 Å². The Labute approximate surface area is 330 Å². The van der Waals surface area contributed by atoms with Crippen molar-refractivity contribution in [1.29, 1.82) is 0 Å². The monoisotopic (exact) mass is 728 g/mol. The summed E-state index contributed by atoms with van der Waals surface area (Å²) in [6, 6.07) is 78.0. The van der Waals surface area contributed by atoms with Crippen molar-refractivity contribution in [3.8, 4) is 39.1 Å². The number of nitrogens with zero attached hydrogens (tertiary/aromatic N) is 2. The number of benzene rings is 9. The van der Waals surface area contributed by atoms with E-state index in [9.17, 15) is 0 Å². The van der Waals surface area contributed by atoms with E-state index in [4.69, 9.17) is 4.42 Å². The summed E-state index contributed by atoms with van der Waals surface area (Å²) in [5.41, 5.74) is 15.5. The van der Waals surface area contributed by atoms with Crippen LogP contribution in [0.15, 0.2) is 223 Å². The Bertz CT molecular complexity index is 3210. The molecule has 0 aliphatic rings. The fourth-order valence-corrected chi connectivity index (χ4v) is 8.62. The van der Waals surface area contributed by atoms with E-state index in [1.165, 1.54) is 44.1 Å². The van der Waals surface area contributed by atoms with Gasteiger partial charge < -0.3 is 13.9 Å². The van der Waals surface area contributed by atoms with Crippen LogP contribution in [0, 0.1) is 0 Å². The molecule has 268 valence electrons. The number of hydrogen-bond acceptors (Lipinski definition) is 2. The molecule has 0 saturated carbocycles. The molecular formula is C54H36N2O. The first-order valence-electron chi connectivity index (χ1n) is 19.4. The van der Waals surface area contributed by atoms with Crippen LogP contribution >= 0.6 is 0 Å². The first kappa shape index (κ1) is 32.8. The molecule has 0 amide bonds. The molecule has 3 heteroatoms. The van der Waals surface area contributed by atoms with E-state index >= 15 is 0 Å².